The highest BCUT2D eigenvalue weighted by Gasteiger charge is 2.27. The zero-order valence-electron chi connectivity index (χ0n) is 13.0. The Morgan fingerprint density at radius 3 is 2.26 bits per heavy atom. The van der Waals surface area contributed by atoms with Crippen molar-refractivity contribution >= 4 is 0 Å². The Hall–Kier alpha value is -0.200. The molecular formula is C14H31N3O2. The smallest absolute Gasteiger partial charge is 0.158 e. The molecule has 0 aromatic rings. The van der Waals surface area contributed by atoms with Crippen LogP contribution < -0.4 is 5.73 Å². The summed E-state index contributed by atoms with van der Waals surface area (Å²) in [5.74, 6) is 0. The molecule has 1 aliphatic heterocycles. The first-order valence-corrected chi connectivity index (χ1v) is 7.36. The van der Waals surface area contributed by atoms with Gasteiger partial charge in [0.15, 0.2) is 6.29 Å². The first-order chi connectivity index (χ1) is 9.15. The SMILES string of the molecule is CCN1CCC(N(C)C(CN)CC(OC)OC)CC1. The van der Waals surface area contributed by atoms with E-state index in [4.69, 9.17) is 15.2 Å². The fourth-order valence-electron chi connectivity index (χ4n) is 2.88. The molecule has 19 heavy (non-hydrogen) atoms. The third-order valence-corrected chi connectivity index (χ3v) is 4.42. The van der Waals surface area contributed by atoms with E-state index in [0.717, 1.165) is 13.0 Å². The predicted octanol–water partition coefficient (Wildman–Crippen LogP) is 0.739. The fourth-order valence-corrected chi connectivity index (χ4v) is 2.88. The van der Waals surface area contributed by atoms with Crippen LogP contribution in [0.3, 0.4) is 0 Å². The summed E-state index contributed by atoms with van der Waals surface area (Å²) in [7, 11) is 5.55. The number of likely N-dealkylation sites (N-methyl/N-ethyl adjacent to an activating group) is 1. The van der Waals surface area contributed by atoms with Crippen LogP contribution in [-0.2, 0) is 9.47 Å². The van der Waals surface area contributed by atoms with E-state index in [-0.39, 0.29) is 6.29 Å². The monoisotopic (exact) mass is 273 g/mol. The number of methoxy groups -OCH3 is 2. The van der Waals surface area contributed by atoms with E-state index >= 15 is 0 Å². The van der Waals surface area contributed by atoms with Gasteiger partial charge in [0.05, 0.1) is 0 Å². The highest BCUT2D eigenvalue weighted by Crippen LogP contribution is 2.19. The molecular weight excluding hydrogens is 242 g/mol. The van der Waals surface area contributed by atoms with Gasteiger partial charge >= 0.3 is 0 Å². The molecule has 1 aliphatic rings. The number of rotatable bonds is 8. The van der Waals surface area contributed by atoms with Crippen molar-refractivity contribution in [3.8, 4) is 0 Å². The average Bonchev–Trinajstić information content (AvgIpc) is 2.48. The van der Waals surface area contributed by atoms with Crippen LogP contribution in [0.1, 0.15) is 26.2 Å². The Kier molecular flexibility index (Phi) is 7.87. The molecule has 114 valence electrons. The Balaban J connectivity index is 2.46. The Bertz CT molecular complexity index is 229. The van der Waals surface area contributed by atoms with Crippen LogP contribution in [0.15, 0.2) is 0 Å². The van der Waals surface area contributed by atoms with Crippen molar-refractivity contribution in [2.24, 2.45) is 5.73 Å². The van der Waals surface area contributed by atoms with Crippen molar-refractivity contribution in [2.45, 2.75) is 44.6 Å². The van der Waals surface area contributed by atoms with E-state index < -0.39 is 0 Å². The van der Waals surface area contributed by atoms with Crippen molar-refractivity contribution in [1.82, 2.24) is 9.80 Å². The summed E-state index contributed by atoms with van der Waals surface area (Å²) in [5, 5.41) is 0. The molecule has 0 spiro atoms. The van der Waals surface area contributed by atoms with E-state index in [1.54, 1.807) is 14.2 Å². The lowest BCUT2D eigenvalue weighted by Gasteiger charge is -2.40. The Labute approximate surface area is 118 Å². The van der Waals surface area contributed by atoms with E-state index in [1.165, 1.54) is 25.9 Å². The van der Waals surface area contributed by atoms with Crippen LogP contribution in [0.25, 0.3) is 0 Å². The normalized spacial score (nSPS) is 20.4. The largest absolute Gasteiger partial charge is 0.356 e. The molecule has 2 N–H and O–H groups in total. The summed E-state index contributed by atoms with van der Waals surface area (Å²) < 4.78 is 10.6. The van der Waals surface area contributed by atoms with E-state index in [9.17, 15) is 0 Å². The van der Waals surface area contributed by atoms with Crippen molar-refractivity contribution < 1.29 is 9.47 Å². The number of likely N-dealkylation sites (tertiary alicyclic amines) is 1. The molecule has 0 saturated carbocycles. The first kappa shape index (κ1) is 16.9. The summed E-state index contributed by atoms with van der Waals surface area (Å²) in [6.45, 7) is 6.43. The lowest BCUT2D eigenvalue weighted by Crippen LogP contribution is -2.50. The second-order valence-corrected chi connectivity index (χ2v) is 5.36. The molecule has 1 saturated heterocycles. The third-order valence-electron chi connectivity index (χ3n) is 4.42. The standard InChI is InChI=1S/C14H31N3O2/c1-5-17-8-6-12(7-9-17)16(2)13(11-15)10-14(18-3)19-4/h12-14H,5-11,15H2,1-4H3. The van der Waals surface area contributed by atoms with Gasteiger partial charge in [-0.15, -0.1) is 0 Å². The molecule has 5 heteroatoms. The van der Waals surface area contributed by atoms with Crippen LogP contribution in [0.2, 0.25) is 0 Å². The molecule has 0 aliphatic carbocycles. The fraction of sp³-hybridized carbons (Fsp3) is 1.00. The minimum Gasteiger partial charge on any atom is -0.356 e. The zero-order chi connectivity index (χ0) is 14.3. The van der Waals surface area contributed by atoms with Crippen molar-refractivity contribution in [3.63, 3.8) is 0 Å². The minimum atomic E-state index is -0.160. The molecule has 1 fully saturated rings. The van der Waals surface area contributed by atoms with Crippen LogP contribution in [0.4, 0.5) is 0 Å². The predicted molar refractivity (Wildman–Crippen MR) is 78.2 cm³/mol. The van der Waals surface area contributed by atoms with E-state index in [2.05, 4.69) is 23.8 Å². The number of hydrogen-bond acceptors (Lipinski definition) is 5. The van der Waals surface area contributed by atoms with E-state index in [1.807, 2.05) is 0 Å². The van der Waals surface area contributed by atoms with Crippen LogP contribution in [0.5, 0.6) is 0 Å². The van der Waals surface area contributed by atoms with E-state index in [0.29, 0.717) is 18.6 Å². The van der Waals surface area contributed by atoms with Gasteiger partial charge in [0.1, 0.15) is 0 Å². The Morgan fingerprint density at radius 2 is 1.84 bits per heavy atom. The molecule has 0 amide bonds. The molecule has 1 unspecified atom stereocenters. The van der Waals surface area contributed by atoms with Crippen molar-refractivity contribution in [2.75, 3.05) is 47.4 Å². The Morgan fingerprint density at radius 1 is 1.26 bits per heavy atom. The van der Waals surface area contributed by atoms with Gasteiger partial charge in [-0.3, -0.25) is 4.90 Å². The van der Waals surface area contributed by atoms with Gasteiger partial charge in [0, 0.05) is 39.3 Å². The highest BCUT2D eigenvalue weighted by molar-refractivity contribution is 4.83. The van der Waals surface area contributed by atoms with Gasteiger partial charge in [0.25, 0.3) is 0 Å². The van der Waals surface area contributed by atoms with Crippen LogP contribution in [0, 0.1) is 0 Å². The minimum absolute atomic E-state index is 0.160. The number of nitrogens with zero attached hydrogens (tertiary/aromatic N) is 2. The van der Waals surface area contributed by atoms with Gasteiger partial charge in [-0.25, -0.2) is 0 Å². The average molecular weight is 273 g/mol. The summed E-state index contributed by atoms with van der Waals surface area (Å²) in [6, 6.07) is 0.953. The van der Waals surface area contributed by atoms with Crippen LogP contribution in [-0.4, -0.2) is 75.6 Å². The summed E-state index contributed by atoms with van der Waals surface area (Å²) >= 11 is 0. The second kappa shape index (κ2) is 8.87. The third kappa shape index (κ3) is 5.00. The molecule has 0 bridgehead atoms. The highest BCUT2D eigenvalue weighted by atomic mass is 16.7. The van der Waals surface area contributed by atoms with Crippen molar-refractivity contribution in [3.05, 3.63) is 0 Å². The van der Waals surface area contributed by atoms with Crippen molar-refractivity contribution in [1.29, 1.82) is 0 Å². The quantitative estimate of drug-likeness (QED) is 0.661. The molecule has 5 nitrogen and oxygen atoms in total. The lowest BCUT2D eigenvalue weighted by molar-refractivity contribution is -0.117. The summed E-state index contributed by atoms with van der Waals surface area (Å²) in [6.07, 6.45) is 3.12. The molecule has 1 atom stereocenters. The van der Waals surface area contributed by atoms with Gasteiger partial charge in [0.2, 0.25) is 0 Å². The number of nitrogens with two attached hydrogens (primary N) is 1. The topological polar surface area (TPSA) is 51.0 Å². The summed E-state index contributed by atoms with van der Waals surface area (Å²) in [4.78, 5) is 4.94. The first-order valence-electron chi connectivity index (χ1n) is 7.36. The van der Waals surface area contributed by atoms with Crippen LogP contribution >= 0.6 is 0 Å². The number of hydrogen-bond donors (Lipinski definition) is 1. The molecule has 1 heterocycles. The van der Waals surface area contributed by atoms with Gasteiger partial charge in [-0.05, 0) is 39.5 Å². The van der Waals surface area contributed by atoms with Gasteiger partial charge in [-0.2, -0.15) is 0 Å². The number of piperidine rings is 1. The molecule has 0 aromatic heterocycles. The van der Waals surface area contributed by atoms with Gasteiger partial charge in [-0.1, -0.05) is 6.92 Å². The maximum atomic E-state index is 5.93. The molecule has 0 aromatic carbocycles. The molecule has 0 radical (unpaired) electrons. The lowest BCUT2D eigenvalue weighted by atomic mass is 10.0. The number of ether oxygens (including phenoxy) is 2. The summed E-state index contributed by atoms with van der Waals surface area (Å²) in [5.41, 5.74) is 5.93. The second-order valence-electron chi connectivity index (χ2n) is 5.36. The zero-order valence-corrected chi connectivity index (χ0v) is 13.0. The maximum absolute atomic E-state index is 5.93. The maximum Gasteiger partial charge on any atom is 0.158 e. The van der Waals surface area contributed by atoms with Gasteiger partial charge < -0.3 is 20.1 Å². The molecule has 1 rings (SSSR count).